The maximum atomic E-state index is 9.35. The molecule has 0 saturated heterocycles. The quantitative estimate of drug-likeness (QED) is 0.413. The van der Waals surface area contributed by atoms with Crippen molar-refractivity contribution in [2.24, 2.45) is 0 Å². The number of rotatable bonds is 0. The van der Waals surface area contributed by atoms with Gasteiger partial charge in [0.05, 0.1) is 22.7 Å². The molecule has 0 saturated carbocycles. The van der Waals surface area contributed by atoms with Crippen molar-refractivity contribution in [3.63, 3.8) is 0 Å². The molecule has 32 heavy (non-hydrogen) atoms. The standard InChI is InChI=1S/C24H14N8/c1-31-19-6-5-13-3-4-14-7-18-20(32(2)23(29-18)15(9-25)10-26)8-17(14)21(13)22(19)30-24(31)16(11-27)12-28/h3-8,29-30H,1-2H3. The second-order valence-electron chi connectivity index (χ2n) is 7.48. The van der Waals surface area contributed by atoms with Crippen LogP contribution in [0.3, 0.4) is 0 Å². The molecule has 150 valence electrons. The van der Waals surface area contributed by atoms with E-state index in [1.54, 1.807) is 4.90 Å². The number of hydrogen-bond donors (Lipinski definition) is 2. The zero-order valence-electron chi connectivity index (χ0n) is 17.1. The van der Waals surface area contributed by atoms with Gasteiger partial charge in [0.2, 0.25) is 0 Å². The molecule has 8 nitrogen and oxygen atoms in total. The Bertz CT molecular complexity index is 1570. The second-order valence-corrected chi connectivity index (χ2v) is 7.48. The molecule has 0 fully saturated rings. The van der Waals surface area contributed by atoms with Crippen LogP contribution in [0.25, 0.3) is 21.5 Å². The second kappa shape index (κ2) is 6.67. The molecule has 2 N–H and O–H groups in total. The Morgan fingerprint density at radius 2 is 1.28 bits per heavy atom. The average molecular weight is 414 g/mol. The van der Waals surface area contributed by atoms with Gasteiger partial charge in [-0.2, -0.15) is 21.0 Å². The van der Waals surface area contributed by atoms with Crippen LogP contribution in [0.1, 0.15) is 0 Å². The van der Waals surface area contributed by atoms with Gasteiger partial charge >= 0.3 is 0 Å². The molecule has 0 unspecified atom stereocenters. The van der Waals surface area contributed by atoms with Crippen LogP contribution in [-0.2, 0) is 0 Å². The Labute approximate surface area is 183 Å². The number of nitriles is 4. The molecular weight excluding hydrogens is 400 g/mol. The fourth-order valence-corrected chi connectivity index (χ4v) is 4.34. The fourth-order valence-electron chi connectivity index (χ4n) is 4.34. The van der Waals surface area contributed by atoms with Crippen molar-refractivity contribution < 1.29 is 0 Å². The first kappa shape index (κ1) is 18.8. The number of allylic oxidation sites excluding steroid dienone is 2. The first-order chi connectivity index (χ1) is 15.5. The molecule has 0 spiro atoms. The Balaban J connectivity index is 1.80. The van der Waals surface area contributed by atoms with Crippen LogP contribution in [0.2, 0.25) is 0 Å². The zero-order valence-corrected chi connectivity index (χ0v) is 17.1. The molecule has 8 heteroatoms. The summed E-state index contributed by atoms with van der Waals surface area (Å²) >= 11 is 0. The number of nitrogens with one attached hydrogen (secondary N) is 2. The summed E-state index contributed by atoms with van der Waals surface area (Å²) in [5, 5.41) is 47.7. The van der Waals surface area contributed by atoms with E-state index < -0.39 is 0 Å². The molecule has 3 aromatic rings. The highest BCUT2D eigenvalue weighted by Crippen LogP contribution is 2.47. The van der Waals surface area contributed by atoms with Gasteiger partial charge in [-0.05, 0) is 34.4 Å². The van der Waals surface area contributed by atoms with Gasteiger partial charge in [0, 0.05) is 19.5 Å². The van der Waals surface area contributed by atoms with E-state index in [4.69, 9.17) is 0 Å². The first-order valence-corrected chi connectivity index (χ1v) is 9.66. The third-order valence-corrected chi connectivity index (χ3v) is 5.91. The topological polar surface area (TPSA) is 126 Å². The predicted molar refractivity (Wildman–Crippen MR) is 122 cm³/mol. The van der Waals surface area contributed by atoms with E-state index in [0.29, 0.717) is 11.6 Å². The van der Waals surface area contributed by atoms with E-state index in [0.717, 1.165) is 44.3 Å². The minimum absolute atomic E-state index is 0.0112. The number of hydrogen-bond acceptors (Lipinski definition) is 8. The monoisotopic (exact) mass is 414 g/mol. The van der Waals surface area contributed by atoms with E-state index in [-0.39, 0.29) is 11.1 Å². The van der Waals surface area contributed by atoms with Gasteiger partial charge in [0.25, 0.3) is 0 Å². The molecule has 0 amide bonds. The Hall–Kier alpha value is -5.18. The van der Waals surface area contributed by atoms with E-state index in [1.165, 1.54) is 0 Å². The number of nitrogens with zero attached hydrogens (tertiary/aromatic N) is 6. The highest BCUT2D eigenvalue weighted by molar-refractivity contribution is 6.19. The fraction of sp³-hybridized carbons (Fsp3) is 0.0833. The summed E-state index contributed by atoms with van der Waals surface area (Å²) in [7, 11) is 3.63. The van der Waals surface area contributed by atoms with Crippen LogP contribution >= 0.6 is 0 Å². The average Bonchev–Trinajstić information content (AvgIpc) is 3.31. The van der Waals surface area contributed by atoms with Crippen LogP contribution in [0.5, 0.6) is 0 Å². The summed E-state index contributed by atoms with van der Waals surface area (Å²) in [6.45, 7) is 0. The lowest BCUT2D eigenvalue weighted by Crippen LogP contribution is -2.16. The molecule has 2 heterocycles. The van der Waals surface area contributed by atoms with Crippen molar-refractivity contribution in [3.8, 4) is 24.3 Å². The van der Waals surface area contributed by atoms with E-state index in [9.17, 15) is 21.0 Å². The molecule has 0 bridgehead atoms. The maximum absolute atomic E-state index is 9.35. The van der Waals surface area contributed by atoms with Crippen molar-refractivity contribution in [1.29, 1.82) is 21.0 Å². The maximum Gasteiger partial charge on any atom is 0.170 e. The van der Waals surface area contributed by atoms with Crippen molar-refractivity contribution in [2.75, 3.05) is 34.5 Å². The lowest BCUT2D eigenvalue weighted by Gasteiger charge is -2.15. The summed E-state index contributed by atoms with van der Waals surface area (Å²) in [5.74, 6) is 0.901. The molecule has 3 aromatic carbocycles. The molecule has 0 aliphatic carbocycles. The van der Waals surface area contributed by atoms with Gasteiger partial charge in [-0.15, -0.1) is 0 Å². The van der Waals surface area contributed by atoms with Crippen LogP contribution in [0, 0.1) is 45.3 Å². The lowest BCUT2D eigenvalue weighted by molar-refractivity contribution is 1.14. The minimum Gasteiger partial charge on any atom is -0.338 e. The summed E-state index contributed by atoms with van der Waals surface area (Å²) in [6.07, 6.45) is 0. The third-order valence-electron chi connectivity index (χ3n) is 5.91. The van der Waals surface area contributed by atoms with E-state index in [1.807, 2.05) is 79.7 Å². The highest BCUT2D eigenvalue weighted by Gasteiger charge is 2.28. The number of fused-ring (bicyclic) bond motifs is 6. The smallest absolute Gasteiger partial charge is 0.170 e. The first-order valence-electron chi connectivity index (χ1n) is 9.66. The zero-order chi connectivity index (χ0) is 22.6. The van der Waals surface area contributed by atoms with Crippen LogP contribution in [0.4, 0.5) is 22.7 Å². The van der Waals surface area contributed by atoms with Gasteiger partial charge in [-0.3, -0.25) is 0 Å². The lowest BCUT2D eigenvalue weighted by atomic mass is 9.98. The summed E-state index contributed by atoms with van der Waals surface area (Å²) in [4.78, 5) is 3.61. The van der Waals surface area contributed by atoms with Crippen LogP contribution in [0.15, 0.2) is 59.2 Å². The highest BCUT2D eigenvalue weighted by atomic mass is 15.3. The number of anilines is 4. The van der Waals surface area contributed by atoms with Crippen LogP contribution in [-0.4, -0.2) is 14.1 Å². The molecule has 0 atom stereocenters. The minimum atomic E-state index is 0.0112. The summed E-state index contributed by atoms with van der Waals surface area (Å²) in [6, 6.07) is 19.8. The van der Waals surface area contributed by atoms with Gasteiger partial charge in [0.1, 0.15) is 35.9 Å². The van der Waals surface area contributed by atoms with Gasteiger partial charge in [-0.1, -0.05) is 18.2 Å². The SMILES string of the molecule is CN1C(=C(C#N)C#N)Nc2cc3ccc4ccc5c(c4c3cc21)NC(=C(C#N)C#N)N5C. The van der Waals surface area contributed by atoms with Crippen LogP contribution < -0.4 is 20.4 Å². The van der Waals surface area contributed by atoms with E-state index >= 15 is 0 Å². The number of benzene rings is 3. The predicted octanol–water partition coefficient (Wildman–Crippen LogP) is 4.23. The third kappa shape index (κ3) is 2.39. The van der Waals surface area contributed by atoms with E-state index in [2.05, 4.69) is 10.6 Å². The molecule has 0 aromatic heterocycles. The Kier molecular flexibility index (Phi) is 3.93. The van der Waals surface area contributed by atoms with Gasteiger partial charge in [0.15, 0.2) is 11.1 Å². The molecule has 0 radical (unpaired) electrons. The van der Waals surface area contributed by atoms with Crippen molar-refractivity contribution in [2.45, 2.75) is 0 Å². The van der Waals surface area contributed by atoms with Crippen molar-refractivity contribution >= 4 is 44.3 Å². The molecular formula is C24H14N8. The summed E-state index contributed by atoms with van der Waals surface area (Å²) in [5.41, 5.74) is 3.37. The van der Waals surface area contributed by atoms with Gasteiger partial charge < -0.3 is 20.4 Å². The normalized spacial score (nSPS) is 13.4. The molecule has 2 aliphatic heterocycles. The Morgan fingerprint density at radius 1 is 0.719 bits per heavy atom. The summed E-state index contributed by atoms with van der Waals surface area (Å²) < 4.78 is 0. The van der Waals surface area contributed by atoms with Crippen molar-refractivity contribution in [1.82, 2.24) is 0 Å². The largest absolute Gasteiger partial charge is 0.338 e. The molecule has 5 rings (SSSR count). The van der Waals surface area contributed by atoms with Crippen molar-refractivity contribution in [3.05, 3.63) is 59.2 Å². The Morgan fingerprint density at radius 3 is 1.94 bits per heavy atom. The molecule has 2 aliphatic rings. The van der Waals surface area contributed by atoms with Gasteiger partial charge in [-0.25, -0.2) is 0 Å².